The fraction of sp³-hybridized carbons (Fsp3) is 0.938. The molecule has 0 aromatic carbocycles. The Labute approximate surface area is 110 Å². The number of unbranched alkanes of at least 4 members (excludes halogenated alkanes) is 1. The summed E-state index contributed by atoms with van der Waals surface area (Å²) in [5.41, 5.74) is 0.348. The molecular weight excluding hydrogens is 224 g/mol. The lowest BCUT2D eigenvalue weighted by Gasteiger charge is -2.59. The van der Waals surface area contributed by atoms with Crippen LogP contribution in [0.4, 0.5) is 0 Å². The predicted octanol–water partition coefficient (Wildman–Crippen LogP) is 3.94. The van der Waals surface area contributed by atoms with Crippen LogP contribution >= 0.6 is 0 Å². The van der Waals surface area contributed by atoms with Crippen molar-refractivity contribution in [3.8, 4) is 0 Å². The van der Waals surface area contributed by atoms with E-state index >= 15 is 0 Å². The normalized spacial score (nSPS) is 45.2. The van der Waals surface area contributed by atoms with Gasteiger partial charge in [0.1, 0.15) is 0 Å². The number of hydrogen-bond donors (Lipinski definition) is 0. The van der Waals surface area contributed by atoms with Crippen molar-refractivity contribution in [3.63, 3.8) is 0 Å². The summed E-state index contributed by atoms with van der Waals surface area (Å²) >= 11 is 0. The summed E-state index contributed by atoms with van der Waals surface area (Å²) in [5.74, 6) is 1.74. The number of esters is 1. The summed E-state index contributed by atoms with van der Waals surface area (Å²) in [4.78, 5) is 12.5. The third-order valence-electron chi connectivity index (χ3n) is 5.52. The second-order valence-electron chi connectivity index (χ2n) is 7.54. The zero-order valence-electron chi connectivity index (χ0n) is 11.8. The van der Waals surface area contributed by atoms with Gasteiger partial charge in [-0.05, 0) is 62.2 Å². The SMILES string of the molecule is CCCCOC(=O)C12CC3CC(CC(C)(C3)C1)C2. The molecule has 18 heavy (non-hydrogen) atoms. The molecule has 2 unspecified atom stereocenters. The third-order valence-corrected chi connectivity index (χ3v) is 5.52. The van der Waals surface area contributed by atoms with Gasteiger partial charge in [0.25, 0.3) is 0 Å². The van der Waals surface area contributed by atoms with Gasteiger partial charge in [0.2, 0.25) is 0 Å². The van der Waals surface area contributed by atoms with Crippen LogP contribution in [0, 0.1) is 22.7 Å². The summed E-state index contributed by atoms with van der Waals surface area (Å²) in [5, 5.41) is 0. The highest BCUT2D eigenvalue weighted by Crippen LogP contribution is 2.65. The minimum atomic E-state index is -0.0907. The molecular formula is C16H26O2. The third kappa shape index (κ3) is 1.98. The molecule has 102 valence electrons. The molecule has 4 aliphatic rings. The van der Waals surface area contributed by atoms with E-state index in [9.17, 15) is 4.79 Å². The topological polar surface area (TPSA) is 26.3 Å². The molecule has 4 bridgehead atoms. The lowest BCUT2D eigenvalue weighted by molar-refractivity contribution is -0.179. The maximum absolute atomic E-state index is 12.5. The van der Waals surface area contributed by atoms with Crippen LogP contribution in [-0.4, -0.2) is 12.6 Å². The maximum atomic E-state index is 12.5. The molecule has 4 aliphatic carbocycles. The van der Waals surface area contributed by atoms with Gasteiger partial charge in [0, 0.05) is 0 Å². The summed E-state index contributed by atoms with van der Waals surface area (Å²) < 4.78 is 5.57. The average molecular weight is 250 g/mol. The van der Waals surface area contributed by atoms with Crippen LogP contribution in [0.15, 0.2) is 0 Å². The zero-order chi connectivity index (χ0) is 12.8. The highest BCUT2D eigenvalue weighted by atomic mass is 16.5. The lowest BCUT2D eigenvalue weighted by atomic mass is 9.44. The number of rotatable bonds is 4. The van der Waals surface area contributed by atoms with Gasteiger partial charge in [-0.15, -0.1) is 0 Å². The van der Waals surface area contributed by atoms with Crippen LogP contribution in [0.5, 0.6) is 0 Å². The molecule has 2 nitrogen and oxygen atoms in total. The van der Waals surface area contributed by atoms with Crippen molar-refractivity contribution in [2.75, 3.05) is 6.61 Å². The fourth-order valence-electron chi connectivity index (χ4n) is 5.42. The number of hydrogen-bond acceptors (Lipinski definition) is 2. The Bertz CT molecular complexity index is 333. The van der Waals surface area contributed by atoms with Gasteiger partial charge >= 0.3 is 5.97 Å². The Morgan fingerprint density at radius 3 is 2.44 bits per heavy atom. The van der Waals surface area contributed by atoms with Crippen LogP contribution in [0.1, 0.15) is 65.2 Å². The van der Waals surface area contributed by atoms with Crippen LogP contribution in [0.3, 0.4) is 0 Å². The molecule has 0 spiro atoms. The van der Waals surface area contributed by atoms with Crippen LogP contribution in [0.25, 0.3) is 0 Å². The second-order valence-corrected chi connectivity index (χ2v) is 7.54. The molecule has 0 heterocycles. The van der Waals surface area contributed by atoms with E-state index in [0.29, 0.717) is 12.0 Å². The van der Waals surface area contributed by atoms with E-state index in [1.54, 1.807) is 0 Å². The van der Waals surface area contributed by atoms with Crippen molar-refractivity contribution in [3.05, 3.63) is 0 Å². The van der Waals surface area contributed by atoms with Crippen molar-refractivity contribution in [1.82, 2.24) is 0 Å². The standard InChI is InChI=1S/C16H26O2/c1-3-4-5-18-14(17)16-9-12-6-13(10-16)8-15(2,7-12)11-16/h12-13H,3-11H2,1-2H3. The Hall–Kier alpha value is -0.530. The quantitative estimate of drug-likeness (QED) is 0.558. The predicted molar refractivity (Wildman–Crippen MR) is 71.1 cm³/mol. The zero-order valence-corrected chi connectivity index (χ0v) is 11.8. The summed E-state index contributed by atoms with van der Waals surface area (Å²) in [6.45, 7) is 5.17. The van der Waals surface area contributed by atoms with E-state index in [4.69, 9.17) is 4.74 Å². The average Bonchev–Trinajstić information content (AvgIpc) is 2.25. The minimum absolute atomic E-state index is 0.0907. The number of carbonyl (C=O) groups is 1. The van der Waals surface area contributed by atoms with E-state index in [1.807, 2.05) is 0 Å². The number of ether oxygens (including phenoxy) is 1. The van der Waals surface area contributed by atoms with Gasteiger partial charge in [-0.3, -0.25) is 4.79 Å². The molecule has 0 N–H and O–H groups in total. The van der Waals surface area contributed by atoms with E-state index in [2.05, 4.69) is 13.8 Å². The van der Waals surface area contributed by atoms with Crippen molar-refractivity contribution in [1.29, 1.82) is 0 Å². The van der Waals surface area contributed by atoms with Gasteiger partial charge in [-0.25, -0.2) is 0 Å². The second kappa shape index (κ2) is 4.25. The van der Waals surface area contributed by atoms with Crippen LogP contribution < -0.4 is 0 Å². The van der Waals surface area contributed by atoms with Gasteiger partial charge in [-0.1, -0.05) is 20.3 Å². The van der Waals surface area contributed by atoms with E-state index in [0.717, 1.165) is 43.9 Å². The first-order valence-electron chi connectivity index (χ1n) is 7.72. The first-order chi connectivity index (χ1) is 8.55. The Kier molecular flexibility index (Phi) is 2.95. The summed E-state index contributed by atoms with van der Waals surface area (Å²) in [6.07, 6.45) is 9.52. The minimum Gasteiger partial charge on any atom is -0.465 e. The molecule has 0 amide bonds. The van der Waals surface area contributed by atoms with Crippen LogP contribution in [0.2, 0.25) is 0 Å². The van der Waals surface area contributed by atoms with Crippen molar-refractivity contribution < 1.29 is 9.53 Å². The van der Waals surface area contributed by atoms with Crippen molar-refractivity contribution >= 4 is 5.97 Å². The molecule has 4 fully saturated rings. The van der Waals surface area contributed by atoms with E-state index < -0.39 is 0 Å². The fourth-order valence-corrected chi connectivity index (χ4v) is 5.42. The van der Waals surface area contributed by atoms with Gasteiger partial charge in [0.15, 0.2) is 0 Å². The Morgan fingerprint density at radius 1 is 1.22 bits per heavy atom. The highest BCUT2D eigenvalue weighted by molar-refractivity contribution is 5.77. The molecule has 2 heteroatoms. The highest BCUT2D eigenvalue weighted by Gasteiger charge is 2.59. The first kappa shape index (κ1) is 12.5. The molecule has 0 aromatic heterocycles. The Morgan fingerprint density at radius 2 is 1.89 bits per heavy atom. The lowest BCUT2D eigenvalue weighted by Crippen LogP contribution is -2.54. The molecule has 4 saturated carbocycles. The first-order valence-corrected chi connectivity index (χ1v) is 7.72. The molecule has 4 rings (SSSR count). The molecule has 0 aromatic rings. The monoisotopic (exact) mass is 250 g/mol. The largest absolute Gasteiger partial charge is 0.465 e. The van der Waals surface area contributed by atoms with Crippen molar-refractivity contribution in [2.24, 2.45) is 22.7 Å². The molecule has 0 aliphatic heterocycles. The summed E-state index contributed by atoms with van der Waals surface area (Å²) in [6, 6.07) is 0. The Balaban J connectivity index is 1.72. The summed E-state index contributed by atoms with van der Waals surface area (Å²) in [7, 11) is 0. The van der Waals surface area contributed by atoms with Gasteiger partial charge < -0.3 is 4.74 Å². The van der Waals surface area contributed by atoms with E-state index in [1.165, 1.54) is 19.3 Å². The smallest absolute Gasteiger partial charge is 0.312 e. The maximum Gasteiger partial charge on any atom is 0.312 e. The van der Waals surface area contributed by atoms with Gasteiger partial charge in [-0.2, -0.15) is 0 Å². The van der Waals surface area contributed by atoms with Gasteiger partial charge in [0.05, 0.1) is 12.0 Å². The van der Waals surface area contributed by atoms with Crippen molar-refractivity contribution in [2.45, 2.75) is 65.2 Å². The molecule has 0 saturated heterocycles. The van der Waals surface area contributed by atoms with E-state index in [-0.39, 0.29) is 11.4 Å². The van der Waals surface area contributed by atoms with Crippen LogP contribution in [-0.2, 0) is 9.53 Å². The number of carbonyl (C=O) groups excluding carboxylic acids is 1. The molecule has 2 atom stereocenters. The molecule has 0 radical (unpaired) electrons.